The van der Waals surface area contributed by atoms with Gasteiger partial charge in [0.05, 0.1) is 5.69 Å². The topological polar surface area (TPSA) is 62.6 Å². The minimum atomic E-state index is -0.462. The Morgan fingerprint density at radius 3 is 2.50 bits per heavy atom. The van der Waals surface area contributed by atoms with Crippen LogP contribution in [0.4, 0.5) is 10.5 Å². The Hall–Kier alpha value is -2.82. The molecule has 0 spiro atoms. The number of benzene rings is 1. The molecule has 1 aliphatic heterocycles. The van der Waals surface area contributed by atoms with Crippen LogP contribution in [0.1, 0.15) is 11.5 Å². The number of nitrogens with one attached hydrogen (secondary N) is 1. The lowest BCUT2D eigenvalue weighted by molar-refractivity contribution is -0.113. The standard InChI is InChI=1S/C15H12N2O3/c1-10-7-8-12(20-10)9-13-14(18)17(15(19)16-13)11-5-3-2-4-6-11/h2-9H,1H3,(H,16,19). The molecule has 2 aromatic rings. The van der Waals surface area contributed by atoms with Crippen LogP contribution in [0, 0.1) is 6.92 Å². The molecular formula is C15H12N2O3. The maximum Gasteiger partial charge on any atom is 0.333 e. The van der Waals surface area contributed by atoms with Crippen LogP contribution < -0.4 is 10.2 Å². The lowest BCUT2D eigenvalue weighted by Gasteiger charge is -2.10. The van der Waals surface area contributed by atoms with Crippen LogP contribution in [0.25, 0.3) is 6.08 Å². The highest BCUT2D eigenvalue weighted by Crippen LogP contribution is 2.22. The third-order valence-corrected chi connectivity index (χ3v) is 2.94. The van der Waals surface area contributed by atoms with E-state index in [4.69, 9.17) is 4.42 Å². The molecule has 0 unspecified atom stereocenters. The smallest absolute Gasteiger partial charge is 0.333 e. The predicted octanol–water partition coefficient (Wildman–Crippen LogP) is 2.69. The van der Waals surface area contributed by atoms with E-state index in [9.17, 15) is 9.59 Å². The Bertz CT molecular complexity index is 701. The summed E-state index contributed by atoms with van der Waals surface area (Å²) in [6.07, 6.45) is 1.52. The number of amides is 3. The van der Waals surface area contributed by atoms with Crippen molar-refractivity contribution in [1.29, 1.82) is 0 Å². The zero-order chi connectivity index (χ0) is 14.1. The third kappa shape index (κ3) is 2.09. The highest BCUT2D eigenvalue weighted by atomic mass is 16.3. The van der Waals surface area contributed by atoms with Gasteiger partial charge in [-0.25, -0.2) is 9.69 Å². The van der Waals surface area contributed by atoms with Crippen molar-refractivity contribution in [3.8, 4) is 0 Å². The largest absolute Gasteiger partial charge is 0.462 e. The van der Waals surface area contributed by atoms with Gasteiger partial charge in [-0.1, -0.05) is 18.2 Å². The molecule has 1 aromatic heterocycles. The van der Waals surface area contributed by atoms with Gasteiger partial charge in [0.2, 0.25) is 0 Å². The molecule has 1 aromatic carbocycles. The van der Waals surface area contributed by atoms with Gasteiger partial charge in [0.25, 0.3) is 5.91 Å². The van der Waals surface area contributed by atoms with Gasteiger partial charge in [-0.15, -0.1) is 0 Å². The van der Waals surface area contributed by atoms with Crippen molar-refractivity contribution < 1.29 is 14.0 Å². The Morgan fingerprint density at radius 2 is 1.85 bits per heavy atom. The number of aryl methyl sites for hydroxylation is 1. The molecule has 0 bridgehead atoms. The van der Waals surface area contributed by atoms with Gasteiger partial charge in [-0.2, -0.15) is 0 Å². The van der Waals surface area contributed by atoms with E-state index >= 15 is 0 Å². The summed E-state index contributed by atoms with van der Waals surface area (Å²) in [5.41, 5.74) is 0.738. The van der Waals surface area contributed by atoms with Crippen LogP contribution >= 0.6 is 0 Å². The molecule has 3 rings (SSSR count). The minimum Gasteiger partial charge on any atom is -0.462 e. The van der Waals surface area contributed by atoms with E-state index in [1.54, 1.807) is 36.4 Å². The van der Waals surface area contributed by atoms with Crippen molar-refractivity contribution in [2.24, 2.45) is 0 Å². The van der Waals surface area contributed by atoms with E-state index in [2.05, 4.69) is 5.32 Å². The van der Waals surface area contributed by atoms with Crippen LogP contribution in [-0.2, 0) is 4.79 Å². The van der Waals surface area contributed by atoms with E-state index in [-0.39, 0.29) is 5.70 Å². The van der Waals surface area contributed by atoms with Crippen LogP contribution in [0.3, 0.4) is 0 Å². The predicted molar refractivity (Wildman–Crippen MR) is 73.9 cm³/mol. The Labute approximate surface area is 115 Å². The number of para-hydroxylation sites is 1. The van der Waals surface area contributed by atoms with E-state index in [1.807, 2.05) is 13.0 Å². The first-order chi connectivity index (χ1) is 9.65. The normalized spacial score (nSPS) is 16.9. The fraction of sp³-hybridized carbons (Fsp3) is 0.0667. The minimum absolute atomic E-state index is 0.202. The van der Waals surface area contributed by atoms with Crippen molar-refractivity contribution in [2.45, 2.75) is 6.92 Å². The summed E-state index contributed by atoms with van der Waals surface area (Å²) in [6.45, 7) is 1.81. The second-order valence-corrected chi connectivity index (χ2v) is 4.41. The molecule has 0 atom stereocenters. The molecule has 100 valence electrons. The molecule has 5 heteroatoms. The molecule has 0 aliphatic carbocycles. The number of imide groups is 1. The molecule has 0 radical (unpaired) electrons. The van der Waals surface area contributed by atoms with Gasteiger partial charge in [0.1, 0.15) is 17.2 Å². The maximum absolute atomic E-state index is 12.3. The molecule has 20 heavy (non-hydrogen) atoms. The van der Waals surface area contributed by atoms with Crippen LogP contribution in [0.5, 0.6) is 0 Å². The second-order valence-electron chi connectivity index (χ2n) is 4.41. The monoisotopic (exact) mass is 268 g/mol. The van der Waals surface area contributed by atoms with E-state index in [0.717, 1.165) is 10.7 Å². The zero-order valence-electron chi connectivity index (χ0n) is 10.8. The number of hydrogen-bond donors (Lipinski definition) is 1. The average molecular weight is 268 g/mol. The molecule has 2 heterocycles. The van der Waals surface area contributed by atoms with Crippen LogP contribution in [0.2, 0.25) is 0 Å². The number of hydrogen-bond acceptors (Lipinski definition) is 3. The summed E-state index contributed by atoms with van der Waals surface area (Å²) in [5.74, 6) is 0.879. The lowest BCUT2D eigenvalue weighted by atomic mass is 10.3. The van der Waals surface area contributed by atoms with Gasteiger partial charge in [0, 0.05) is 6.08 Å². The van der Waals surface area contributed by atoms with Crippen molar-refractivity contribution in [3.05, 3.63) is 59.7 Å². The van der Waals surface area contributed by atoms with Gasteiger partial charge < -0.3 is 9.73 Å². The number of anilines is 1. The maximum atomic E-state index is 12.3. The Morgan fingerprint density at radius 1 is 1.10 bits per heavy atom. The highest BCUT2D eigenvalue weighted by Gasteiger charge is 2.34. The van der Waals surface area contributed by atoms with E-state index in [0.29, 0.717) is 11.4 Å². The molecule has 0 saturated carbocycles. The zero-order valence-corrected chi connectivity index (χ0v) is 10.8. The van der Waals surface area contributed by atoms with Crippen LogP contribution in [-0.4, -0.2) is 11.9 Å². The SMILES string of the molecule is Cc1ccc(C=C2NC(=O)N(c3ccccc3)C2=O)o1. The Balaban J connectivity index is 1.93. The van der Waals surface area contributed by atoms with E-state index < -0.39 is 11.9 Å². The highest BCUT2D eigenvalue weighted by molar-refractivity contribution is 6.28. The lowest BCUT2D eigenvalue weighted by Crippen LogP contribution is -2.30. The fourth-order valence-electron chi connectivity index (χ4n) is 2.02. The molecule has 1 N–H and O–H groups in total. The summed E-state index contributed by atoms with van der Waals surface area (Å²) in [7, 11) is 0. The van der Waals surface area contributed by atoms with Crippen molar-refractivity contribution in [3.63, 3.8) is 0 Å². The molecule has 5 nitrogen and oxygen atoms in total. The molecule has 1 saturated heterocycles. The van der Waals surface area contributed by atoms with Crippen molar-refractivity contribution in [2.75, 3.05) is 4.90 Å². The third-order valence-electron chi connectivity index (χ3n) is 2.94. The molecular weight excluding hydrogens is 256 g/mol. The summed E-state index contributed by atoms with van der Waals surface area (Å²) in [5, 5.41) is 2.55. The molecule has 3 amide bonds. The molecule has 1 aliphatic rings. The van der Waals surface area contributed by atoms with Gasteiger partial charge in [0.15, 0.2) is 0 Å². The second kappa shape index (κ2) is 4.70. The van der Waals surface area contributed by atoms with Crippen LogP contribution in [0.15, 0.2) is 52.6 Å². The first-order valence-electron chi connectivity index (χ1n) is 6.14. The molecule has 1 fully saturated rings. The number of carbonyl (C=O) groups excluding carboxylic acids is 2. The summed E-state index contributed by atoms with van der Waals surface area (Å²) in [4.78, 5) is 25.3. The number of nitrogens with zero attached hydrogens (tertiary/aromatic N) is 1. The number of urea groups is 1. The van der Waals surface area contributed by atoms with E-state index in [1.165, 1.54) is 6.08 Å². The van der Waals surface area contributed by atoms with Crippen molar-refractivity contribution >= 4 is 23.7 Å². The summed E-state index contributed by atoms with van der Waals surface area (Å²) >= 11 is 0. The first kappa shape index (κ1) is 12.2. The van der Waals surface area contributed by atoms with Gasteiger partial charge in [-0.3, -0.25) is 4.79 Å². The van der Waals surface area contributed by atoms with Crippen molar-refractivity contribution in [1.82, 2.24) is 5.32 Å². The number of furan rings is 1. The summed E-state index contributed by atoms with van der Waals surface area (Å²) < 4.78 is 5.37. The summed E-state index contributed by atoms with van der Waals surface area (Å²) in [6, 6.07) is 11.9. The van der Waals surface area contributed by atoms with Gasteiger partial charge in [-0.05, 0) is 31.2 Å². The Kier molecular flexibility index (Phi) is 2.87. The van der Waals surface area contributed by atoms with Gasteiger partial charge >= 0.3 is 6.03 Å². The average Bonchev–Trinajstić information content (AvgIpc) is 2.96. The first-order valence-corrected chi connectivity index (χ1v) is 6.14. The fourth-order valence-corrected chi connectivity index (χ4v) is 2.02. The number of rotatable bonds is 2. The quantitative estimate of drug-likeness (QED) is 0.672. The number of carbonyl (C=O) groups is 2.